The molecule has 4 heteroatoms. The number of benzene rings is 1. The fourth-order valence-electron chi connectivity index (χ4n) is 1.36. The van der Waals surface area contributed by atoms with Gasteiger partial charge in [-0.3, -0.25) is 4.79 Å². The van der Waals surface area contributed by atoms with Crippen LogP contribution in [0.2, 0.25) is 0 Å². The molecule has 1 rings (SSSR count). The van der Waals surface area contributed by atoms with E-state index in [0.717, 1.165) is 5.56 Å². The van der Waals surface area contributed by atoms with E-state index in [1.54, 1.807) is 6.07 Å². The Bertz CT molecular complexity index is 355. The first kappa shape index (κ1) is 12.6. The second-order valence-electron chi connectivity index (χ2n) is 3.83. The maximum Gasteiger partial charge on any atom is 0.220 e. The van der Waals surface area contributed by atoms with E-state index in [1.165, 1.54) is 12.1 Å². The lowest BCUT2D eigenvalue weighted by atomic mass is 10.1. The van der Waals surface area contributed by atoms with E-state index in [9.17, 15) is 9.18 Å². The van der Waals surface area contributed by atoms with E-state index in [4.69, 9.17) is 5.73 Å². The highest BCUT2D eigenvalue weighted by molar-refractivity contribution is 5.76. The zero-order valence-corrected chi connectivity index (χ0v) is 9.37. The van der Waals surface area contributed by atoms with Gasteiger partial charge in [-0.15, -0.1) is 0 Å². The summed E-state index contributed by atoms with van der Waals surface area (Å²) in [5.41, 5.74) is 6.21. The summed E-state index contributed by atoms with van der Waals surface area (Å²) in [5, 5.41) is 2.76. The molecule has 1 unspecified atom stereocenters. The number of nitrogens with two attached hydrogens (primary N) is 1. The number of rotatable bonds is 5. The quantitative estimate of drug-likeness (QED) is 0.790. The van der Waals surface area contributed by atoms with Crippen LogP contribution in [-0.2, 0) is 11.2 Å². The Morgan fingerprint density at radius 1 is 1.56 bits per heavy atom. The lowest BCUT2D eigenvalue weighted by Crippen LogP contribution is -2.37. The minimum Gasteiger partial charge on any atom is -0.352 e. The topological polar surface area (TPSA) is 55.1 Å². The molecule has 0 aromatic heterocycles. The number of hydrogen-bond acceptors (Lipinski definition) is 2. The molecule has 0 fully saturated rings. The van der Waals surface area contributed by atoms with E-state index in [1.807, 2.05) is 13.0 Å². The Balaban J connectivity index is 2.37. The van der Waals surface area contributed by atoms with Crippen molar-refractivity contribution in [2.45, 2.75) is 25.8 Å². The third-order valence-corrected chi connectivity index (χ3v) is 2.29. The second kappa shape index (κ2) is 6.23. The van der Waals surface area contributed by atoms with Gasteiger partial charge in [-0.1, -0.05) is 12.1 Å². The molecule has 0 aliphatic rings. The molecule has 16 heavy (non-hydrogen) atoms. The van der Waals surface area contributed by atoms with Gasteiger partial charge in [-0.05, 0) is 31.0 Å². The molecule has 3 nitrogen and oxygen atoms in total. The van der Waals surface area contributed by atoms with Crippen LogP contribution in [-0.4, -0.2) is 18.5 Å². The lowest BCUT2D eigenvalue weighted by molar-refractivity contribution is -0.121. The highest BCUT2D eigenvalue weighted by Gasteiger charge is 2.05. The van der Waals surface area contributed by atoms with Crippen LogP contribution in [0.3, 0.4) is 0 Å². The number of carbonyl (C=O) groups excluding carboxylic acids is 1. The molecule has 0 radical (unpaired) electrons. The van der Waals surface area contributed by atoms with Crippen LogP contribution in [0.25, 0.3) is 0 Å². The standard InChI is InChI=1S/C12H17FN2O/c1-9(8-14)15-12(16)6-5-10-3-2-4-11(13)7-10/h2-4,7,9H,5-6,8,14H2,1H3,(H,15,16). The van der Waals surface area contributed by atoms with E-state index in [-0.39, 0.29) is 17.8 Å². The molecule has 3 N–H and O–H groups in total. The molecule has 1 amide bonds. The Morgan fingerprint density at radius 3 is 2.94 bits per heavy atom. The Kier molecular flexibility index (Phi) is 4.92. The van der Waals surface area contributed by atoms with Crippen LogP contribution in [0.4, 0.5) is 4.39 Å². The van der Waals surface area contributed by atoms with E-state index < -0.39 is 0 Å². The molecule has 0 bridgehead atoms. The van der Waals surface area contributed by atoms with Gasteiger partial charge in [0.2, 0.25) is 5.91 Å². The van der Waals surface area contributed by atoms with Gasteiger partial charge >= 0.3 is 0 Å². The van der Waals surface area contributed by atoms with Crippen LogP contribution >= 0.6 is 0 Å². The molecule has 0 spiro atoms. The van der Waals surface area contributed by atoms with Gasteiger partial charge in [0.25, 0.3) is 0 Å². The zero-order valence-electron chi connectivity index (χ0n) is 9.37. The van der Waals surface area contributed by atoms with Crippen molar-refractivity contribution in [3.63, 3.8) is 0 Å². The first-order valence-corrected chi connectivity index (χ1v) is 5.35. The summed E-state index contributed by atoms with van der Waals surface area (Å²) in [6.07, 6.45) is 0.897. The summed E-state index contributed by atoms with van der Waals surface area (Å²) < 4.78 is 12.8. The molecule has 0 saturated heterocycles. The number of carbonyl (C=O) groups is 1. The Labute approximate surface area is 94.8 Å². The number of amides is 1. The van der Waals surface area contributed by atoms with Crippen molar-refractivity contribution in [3.8, 4) is 0 Å². The van der Waals surface area contributed by atoms with Gasteiger partial charge in [0, 0.05) is 19.0 Å². The Hall–Kier alpha value is -1.42. The van der Waals surface area contributed by atoms with Gasteiger partial charge in [-0.2, -0.15) is 0 Å². The second-order valence-corrected chi connectivity index (χ2v) is 3.83. The molecule has 1 aromatic rings. The molecule has 0 saturated carbocycles. The molecule has 0 heterocycles. The molecule has 0 aliphatic heterocycles. The molecular formula is C12H17FN2O. The largest absolute Gasteiger partial charge is 0.352 e. The van der Waals surface area contributed by atoms with E-state index >= 15 is 0 Å². The third kappa shape index (κ3) is 4.40. The number of aryl methyl sites for hydroxylation is 1. The molecule has 88 valence electrons. The van der Waals surface area contributed by atoms with Crippen molar-refractivity contribution in [1.82, 2.24) is 5.32 Å². The molecule has 1 atom stereocenters. The van der Waals surface area contributed by atoms with Gasteiger partial charge in [0.15, 0.2) is 0 Å². The van der Waals surface area contributed by atoms with Crippen molar-refractivity contribution < 1.29 is 9.18 Å². The van der Waals surface area contributed by atoms with Crippen molar-refractivity contribution in [2.24, 2.45) is 5.73 Å². The van der Waals surface area contributed by atoms with Crippen LogP contribution < -0.4 is 11.1 Å². The predicted octanol–water partition coefficient (Wildman–Crippen LogP) is 1.22. The average Bonchev–Trinajstić information content (AvgIpc) is 2.26. The summed E-state index contributed by atoms with van der Waals surface area (Å²) in [4.78, 5) is 11.4. The third-order valence-electron chi connectivity index (χ3n) is 2.29. The summed E-state index contributed by atoms with van der Waals surface area (Å²) in [6.45, 7) is 2.27. The molecular weight excluding hydrogens is 207 g/mol. The van der Waals surface area contributed by atoms with Gasteiger partial charge < -0.3 is 11.1 Å². The zero-order chi connectivity index (χ0) is 12.0. The minimum absolute atomic E-state index is 0.0139. The van der Waals surface area contributed by atoms with Crippen molar-refractivity contribution in [1.29, 1.82) is 0 Å². The SMILES string of the molecule is CC(CN)NC(=O)CCc1cccc(F)c1. The summed E-state index contributed by atoms with van der Waals surface area (Å²) in [7, 11) is 0. The first-order valence-electron chi connectivity index (χ1n) is 5.35. The van der Waals surface area contributed by atoms with Gasteiger partial charge in [0.05, 0.1) is 0 Å². The molecule has 0 aliphatic carbocycles. The van der Waals surface area contributed by atoms with Gasteiger partial charge in [-0.25, -0.2) is 4.39 Å². The molecule has 1 aromatic carbocycles. The number of halogens is 1. The van der Waals surface area contributed by atoms with Crippen molar-refractivity contribution in [3.05, 3.63) is 35.6 Å². The van der Waals surface area contributed by atoms with Crippen LogP contribution in [0.15, 0.2) is 24.3 Å². The number of nitrogens with one attached hydrogen (secondary N) is 1. The fraction of sp³-hybridized carbons (Fsp3) is 0.417. The van der Waals surface area contributed by atoms with Crippen LogP contribution in [0, 0.1) is 5.82 Å². The lowest BCUT2D eigenvalue weighted by Gasteiger charge is -2.10. The van der Waals surface area contributed by atoms with E-state index in [0.29, 0.717) is 19.4 Å². The smallest absolute Gasteiger partial charge is 0.220 e. The Morgan fingerprint density at radius 2 is 2.31 bits per heavy atom. The van der Waals surface area contributed by atoms with Crippen molar-refractivity contribution >= 4 is 5.91 Å². The highest BCUT2D eigenvalue weighted by atomic mass is 19.1. The van der Waals surface area contributed by atoms with E-state index in [2.05, 4.69) is 5.32 Å². The fourth-order valence-corrected chi connectivity index (χ4v) is 1.36. The van der Waals surface area contributed by atoms with Crippen molar-refractivity contribution in [2.75, 3.05) is 6.54 Å². The average molecular weight is 224 g/mol. The number of hydrogen-bond donors (Lipinski definition) is 2. The van der Waals surface area contributed by atoms with Crippen LogP contribution in [0.1, 0.15) is 18.9 Å². The summed E-state index contributed by atoms with van der Waals surface area (Å²) >= 11 is 0. The monoisotopic (exact) mass is 224 g/mol. The maximum absolute atomic E-state index is 12.8. The normalized spacial score (nSPS) is 12.2. The van der Waals surface area contributed by atoms with Gasteiger partial charge in [0.1, 0.15) is 5.82 Å². The predicted molar refractivity (Wildman–Crippen MR) is 61.4 cm³/mol. The van der Waals surface area contributed by atoms with Crippen LogP contribution in [0.5, 0.6) is 0 Å². The minimum atomic E-state index is -0.270. The highest BCUT2D eigenvalue weighted by Crippen LogP contribution is 2.06. The summed E-state index contributed by atoms with van der Waals surface area (Å²) in [6, 6.07) is 6.27. The maximum atomic E-state index is 12.8. The summed E-state index contributed by atoms with van der Waals surface area (Å²) in [5.74, 6) is -0.324. The first-order chi connectivity index (χ1) is 7.61.